The lowest BCUT2D eigenvalue weighted by atomic mass is 10.2. The number of nitrogens with zero attached hydrogens (tertiary/aromatic N) is 2. The quantitative estimate of drug-likeness (QED) is 0.914. The van der Waals surface area contributed by atoms with E-state index in [-0.39, 0.29) is 6.03 Å². The van der Waals surface area contributed by atoms with E-state index in [1.807, 2.05) is 54.3 Å². The van der Waals surface area contributed by atoms with Crippen molar-refractivity contribution in [1.29, 1.82) is 0 Å². The fraction of sp³-hybridized carbons (Fsp3) is 0.350. The van der Waals surface area contributed by atoms with Gasteiger partial charge in [-0.1, -0.05) is 18.2 Å². The Labute approximate surface area is 154 Å². The van der Waals surface area contributed by atoms with Gasteiger partial charge in [-0.2, -0.15) is 0 Å². The van der Waals surface area contributed by atoms with Gasteiger partial charge in [0.2, 0.25) is 0 Å². The van der Waals surface area contributed by atoms with Crippen LogP contribution in [0.2, 0.25) is 0 Å². The van der Waals surface area contributed by atoms with Gasteiger partial charge < -0.3 is 24.6 Å². The molecule has 0 radical (unpaired) electrons. The van der Waals surface area contributed by atoms with Crippen molar-refractivity contribution < 1.29 is 14.3 Å². The van der Waals surface area contributed by atoms with Crippen LogP contribution in [-0.2, 0) is 0 Å². The summed E-state index contributed by atoms with van der Waals surface area (Å²) in [6.07, 6.45) is 0. The first kappa shape index (κ1) is 17.9. The zero-order valence-corrected chi connectivity index (χ0v) is 15.5. The molecule has 0 bridgehead atoms. The average Bonchev–Trinajstić information content (AvgIpc) is 2.69. The van der Waals surface area contributed by atoms with E-state index in [0.717, 1.165) is 30.0 Å². The summed E-state index contributed by atoms with van der Waals surface area (Å²) in [5, 5.41) is 3.00. The van der Waals surface area contributed by atoms with Crippen LogP contribution in [0.15, 0.2) is 42.5 Å². The molecule has 0 spiro atoms. The minimum atomic E-state index is -0.0498. The first-order chi connectivity index (χ1) is 12.6. The zero-order chi connectivity index (χ0) is 18.5. The number of aryl methyl sites for hydroxylation is 1. The summed E-state index contributed by atoms with van der Waals surface area (Å²) in [4.78, 5) is 16.6. The number of methoxy groups -OCH3 is 2. The molecule has 0 saturated carbocycles. The Morgan fingerprint density at radius 3 is 2.31 bits per heavy atom. The summed E-state index contributed by atoms with van der Waals surface area (Å²) in [6, 6.07) is 13.7. The standard InChI is InChI=1S/C20H25N3O3/c1-15-6-4-5-7-17(15)21-20(24)23-12-10-22(11-13-23)16-8-9-18(25-2)19(14-16)26-3/h4-9,14H,10-13H2,1-3H3,(H,21,24). The molecule has 26 heavy (non-hydrogen) atoms. The molecule has 1 saturated heterocycles. The number of urea groups is 1. The number of hydrogen-bond acceptors (Lipinski definition) is 4. The van der Waals surface area contributed by atoms with E-state index in [4.69, 9.17) is 9.47 Å². The van der Waals surface area contributed by atoms with E-state index in [0.29, 0.717) is 24.6 Å². The Bertz CT molecular complexity index is 771. The monoisotopic (exact) mass is 355 g/mol. The van der Waals surface area contributed by atoms with E-state index in [2.05, 4.69) is 10.2 Å². The minimum Gasteiger partial charge on any atom is -0.493 e. The highest BCUT2D eigenvalue weighted by Crippen LogP contribution is 2.31. The molecule has 2 aromatic rings. The number of anilines is 2. The molecule has 0 aromatic heterocycles. The van der Waals surface area contributed by atoms with E-state index in [1.54, 1.807) is 14.2 Å². The summed E-state index contributed by atoms with van der Waals surface area (Å²) in [6.45, 7) is 4.89. The van der Waals surface area contributed by atoms with Crippen LogP contribution in [0.5, 0.6) is 11.5 Å². The lowest BCUT2D eigenvalue weighted by Gasteiger charge is -2.36. The van der Waals surface area contributed by atoms with Crippen LogP contribution >= 0.6 is 0 Å². The van der Waals surface area contributed by atoms with Gasteiger partial charge in [-0.25, -0.2) is 4.79 Å². The van der Waals surface area contributed by atoms with E-state index in [1.165, 1.54) is 0 Å². The first-order valence-electron chi connectivity index (χ1n) is 8.71. The Morgan fingerprint density at radius 1 is 0.962 bits per heavy atom. The smallest absolute Gasteiger partial charge is 0.321 e. The second kappa shape index (κ2) is 7.99. The molecule has 1 fully saturated rings. The number of carbonyl (C=O) groups excluding carboxylic acids is 1. The molecule has 6 nitrogen and oxygen atoms in total. The normalized spacial score (nSPS) is 14.1. The predicted molar refractivity (Wildman–Crippen MR) is 104 cm³/mol. The van der Waals surface area contributed by atoms with Gasteiger partial charge >= 0.3 is 6.03 Å². The molecule has 2 aromatic carbocycles. The molecule has 0 atom stereocenters. The van der Waals surface area contributed by atoms with Crippen molar-refractivity contribution in [2.24, 2.45) is 0 Å². The van der Waals surface area contributed by atoms with Gasteiger partial charge in [-0.3, -0.25) is 0 Å². The van der Waals surface area contributed by atoms with Crippen molar-refractivity contribution in [3.05, 3.63) is 48.0 Å². The van der Waals surface area contributed by atoms with Gasteiger partial charge in [-0.05, 0) is 30.7 Å². The molecule has 6 heteroatoms. The lowest BCUT2D eigenvalue weighted by Crippen LogP contribution is -2.50. The number of hydrogen-bond donors (Lipinski definition) is 1. The molecule has 1 aliphatic heterocycles. The average molecular weight is 355 g/mol. The zero-order valence-electron chi connectivity index (χ0n) is 15.5. The molecule has 3 rings (SSSR count). The van der Waals surface area contributed by atoms with Gasteiger partial charge in [0, 0.05) is 43.6 Å². The summed E-state index contributed by atoms with van der Waals surface area (Å²) >= 11 is 0. The summed E-state index contributed by atoms with van der Waals surface area (Å²) in [5.41, 5.74) is 2.99. The molecule has 1 heterocycles. The molecule has 138 valence electrons. The molecule has 1 N–H and O–H groups in total. The van der Waals surface area contributed by atoms with E-state index in [9.17, 15) is 4.79 Å². The number of nitrogens with one attached hydrogen (secondary N) is 1. The Balaban J connectivity index is 1.60. The maximum atomic E-state index is 12.5. The van der Waals surface area contributed by atoms with Crippen molar-refractivity contribution in [3.63, 3.8) is 0 Å². The van der Waals surface area contributed by atoms with Crippen LogP contribution in [0.3, 0.4) is 0 Å². The SMILES string of the molecule is COc1ccc(N2CCN(C(=O)Nc3ccccc3C)CC2)cc1OC. The highest BCUT2D eigenvalue weighted by Gasteiger charge is 2.22. The van der Waals surface area contributed by atoms with Crippen molar-refractivity contribution in [2.75, 3.05) is 50.6 Å². The van der Waals surface area contributed by atoms with Crippen molar-refractivity contribution in [1.82, 2.24) is 4.90 Å². The minimum absolute atomic E-state index is 0.0498. The molecule has 0 aliphatic carbocycles. The van der Waals surface area contributed by atoms with Gasteiger partial charge in [0.25, 0.3) is 0 Å². The van der Waals surface area contributed by atoms with Crippen LogP contribution in [-0.4, -0.2) is 51.3 Å². The number of ether oxygens (including phenoxy) is 2. The van der Waals surface area contributed by atoms with Gasteiger partial charge in [0.1, 0.15) is 0 Å². The number of rotatable bonds is 4. The predicted octanol–water partition coefficient (Wildman–Crippen LogP) is 3.37. The fourth-order valence-corrected chi connectivity index (χ4v) is 3.10. The highest BCUT2D eigenvalue weighted by molar-refractivity contribution is 5.90. The van der Waals surface area contributed by atoms with Gasteiger partial charge in [0.15, 0.2) is 11.5 Å². The Morgan fingerprint density at radius 2 is 1.65 bits per heavy atom. The molecular weight excluding hydrogens is 330 g/mol. The highest BCUT2D eigenvalue weighted by atomic mass is 16.5. The number of amides is 2. The number of benzene rings is 2. The van der Waals surface area contributed by atoms with E-state index < -0.39 is 0 Å². The van der Waals surface area contributed by atoms with Gasteiger partial charge in [-0.15, -0.1) is 0 Å². The third-order valence-electron chi connectivity index (χ3n) is 4.69. The summed E-state index contributed by atoms with van der Waals surface area (Å²) < 4.78 is 10.7. The number of piperazine rings is 1. The lowest BCUT2D eigenvalue weighted by molar-refractivity contribution is 0.208. The van der Waals surface area contributed by atoms with Gasteiger partial charge in [0.05, 0.1) is 14.2 Å². The number of para-hydroxylation sites is 1. The van der Waals surface area contributed by atoms with Crippen molar-refractivity contribution >= 4 is 17.4 Å². The first-order valence-corrected chi connectivity index (χ1v) is 8.71. The van der Waals surface area contributed by atoms with E-state index >= 15 is 0 Å². The van der Waals surface area contributed by atoms with Crippen molar-refractivity contribution in [3.8, 4) is 11.5 Å². The Kier molecular flexibility index (Phi) is 5.51. The molecular formula is C20H25N3O3. The third-order valence-corrected chi connectivity index (χ3v) is 4.69. The molecule has 2 amide bonds. The largest absolute Gasteiger partial charge is 0.493 e. The summed E-state index contributed by atoms with van der Waals surface area (Å²) in [5.74, 6) is 1.43. The van der Waals surface area contributed by atoms with Crippen LogP contribution in [0, 0.1) is 6.92 Å². The second-order valence-electron chi connectivity index (χ2n) is 6.26. The number of carbonyl (C=O) groups is 1. The maximum Gasteiger partial charge on any atom is 0.321 e. The molecule has 0 unspecified atom stereocenters. The topological polar surface area (TPSA) is 54.0 Å². The maximum absolute atomic E-state index is 12.5. The van der Waals surface area contributed by atoms with Crippen molar-refractivity contribution in [2.45, 2.75) is 6.92 Å². The van der Waals surface area contributed by atoms with Crippen LogP contribution in [0.4, 0.5) is 16.2 Å². The van der Waals surface area contributed by atoms with Crippen LogP contribution in [0.1, 0.15) is 5.56 Å². The molecule has 1 aliphatic rings. The summed E-state index contributed by atoms with van der Waals surface area (Å²) in [7, 11) is 3.26. The van der Waals surface area contributed by atoms with Crippen LogP contribution < -0.4 is 19.7 Å². The third kappa shape index (κ3) is 3.85. The van der Waals surface area contributed by atoms with Crippen LogP contribution in [0.25, 0.3) is 0 Å². The Hall–Kier alpha value is -2.89. The fourth-order valence-electron chi connectivity index (χ4n) is 3.10. The second-order valence-corrected chi connectivity index (χ2v) is 6.26.